The summed E-state index contributed by atoms with van der Waals surface area (Å²) >= 11 is 0. The van der Waals surface area contributed by atoms with Crippen LogP contribution in [0.15, 0.2) is 54.1 Å². The number of carboxylic acid groups (broad SMARTS) is 1. The van der Waals surface area contributed by atoms with E-state index in [1.54, 1.807) is 36.4 Å². The van der Waals surface area contributed by atoms with Gasteiger partial charge in [0.1, 0.15) is 11.6 Å². The Morgan fingerprint density at radius 2 is 1.78 bits per heavy atom. The molecule has 5 nitrogen and oxygen atoms in total. The van der Waals surface area contributed by atoms with Crippen molar-refractivity contribution in [3.63, 3.8) is 0 Å². The topological polar surface area (TPSA) is 90.2 Å². The number of aromatic carboxylic acids is 1. The number of nitrogens with zero attached hydrogens (tertiary/aromatic N) is 1. The fourth-order valence-corrected chi connectivity index (χ4v) is 1.96. The van der Waals surface area contributed by atoms with Gasteiger partial charge in [0.05, 0.1) is 5.56 Å². The molecule has 0 aliphatic carbocycles. The van der Waals surface area contributed by atoms with Crippen LogP contribution in [-0.4, -0.2) is 17.0 Å². The van der Waals surface area contributed by atoms with Crippen molar-refractivity contribution >= 4 is 23.6 Å². The van der Waals surface area contributed by atoms with E-state index >= 15 is 0 Å². The summed E-state index contributed by atoms with van der Waals surface area (Å²) in [6, 6.07) is 15.1. The lowest BCUT2D eigenvalue weighted by Crippen LogP contribution is -2.13. The number of hydrogen-bond donors (Lipinski definition) is 2. The summed E-state index contributed by atoms with van der Waals surface area (Å²) in [4.78, 5) is 23.3. The van der Waals surface area contributed by atoms with Crippen molar-refractivity contribution in [2.75, 3.05) is 5.32 Å². The Labute approximate surface area is 133 Å². The number of carbonyl (C=O) groups is 2. The van der Waals surface area contributed by atoms with Crippen LogP contribution in [0.2, 0.25) is 0 Å². The Bertz CT molecular complexity index is 815. The third kappa shape index (κ3) is 4.05. The lowest BCUT2D eigenvalue weighted by Gasteiger charge is -2.05. The number of nitriles is 1. The highest BCUT2D eigenvalue weighted by Crippen LogP contribution is 2.15. The average molecular weight is 306 g/mol. The lowest BCUT2D eigenvalue weighted by atomic mass is 10.0. The van der Waals surface area contributed by atoms with Crippen molar-refractivity contribution in [1.29, 1.82) is 5.26 Å². The molecule has 0 atom stereocenters. The minimum absolute atomic E-state index is 0.0309. The third-order valence-electron chi connectivity index (χ3n) is 3.17. The summed E-state index contributed by atoms with van der Waals surface area (Å²) in [6.07, 6.45) is 1.27. The Morgan fingerprint density at radius 3 is 2.39 bits per heavy atom. The predicted octanol–water partition coefficient (Wildman–Crippen LogP) is 3.24. The number of anilines is 1. The van der Waals surface area contributed by atoms with Crippen LogP contribution in [0.1, 0.15) is 21.5 Å². The fraction of sp³-hybridized carbons (Fsp3) is 0.0556. The molecule has 0 saturated carbocycles. The number of benzene rings is 2. The van der Waals surface area contributed by atoms with Crippen LogP contribution in [0.25, 0.3) is 6.08 Å². The van der Waals surface area contributed by atoms with Gasteiger partial charge in [-0.05, 0) is 36.8 Å². The smallest absolute Gasteiger partial charge is 0.336 e. The first-order chi connectivity index (χ1) is 11.0. The molecule has 0 aromatic heterocycles. The van der Waals surface area contributed by atoms with Gasteiger partial charge in [0.25, 0.3) is 5.91 Å². The number of carbonyl (C=O) groups excluding carboxylic acids is 1. The molecule has 0 heterocycles. The summed E-state index contributed by atoms with van der Waals surface area (Å²) < 4.78 is 0. The SMILES string of the molecule is Cc1ccc(NC(=O)/C(C#N)=C/c2ccccc2C(=O)O)cc1. The van der Waals surface area contributed by atoms with Crippen molar-refractivity contribution < 1.29 is 14.7 Å². The van der Waals surface area contributed by atoms with Crippen molar-refractivity contribution in [3.05, 3.63) is 70.8 Å². The van der Waals surface area contributed by atoms with Gasteiger partial charge in [-0.1, -0.05) is 35.9 Å². The molecule has 0 spiro atoms. The quantitative estimate of drug-likeness (QED) is 0.670. The van der Waals surface area contributed by atoms with Gasteiger partial charge >= 0.3 is 5.97 Å². The summed E-state index contributed by atoms with van der Waals surface area (Å²) in [6.45, 7) is 1.93. The second kappa shape index (κ2) is 7.05. The summed E-state index contributed by atoms with van der Waals surface area (Å²) in [5.74, 6) is -1.70. The highest BCUT2D eigenvalue weighted by atomic mass is 16.4. The molecule has 2 rings (SSSR count). The minimum atomic E-state index is -1.12. The highest BCUT2D eigenvalue weighted by molar-refractivity contribution is 6.10. The number of amides is 1. The van der Waals surface area contributed by atoms with Crippen LogP contribution >= 0.6 is 0 Å². The van der Waals surface area contributed by atoms with E-state index in [1.165, 1.54) is 12.1 Å². The van der Waals surface area contributed by atoms with E-state index in [0.29, 0.717) is 11.3 Å². The van der Waals surface area contributed by atoms with Crippen LogP contribution in [-0.2, 0) is 4.79 Å². The molecular formula is C18H14N2O3. The van der Waals surface area contributed by atoms with E-state index in [2.05, 4.69) is 5.32 Å². The van der Waals surface area contributed by atoms with E-state index in [0.717, 1.165) is 5.56 Å². The largest absolute Gasteiger partial charge is 0.478 e. The van der Waals surface area contributed by atoms with Gasteiger partial charge in [0.2, 0.25) is 0 Å². The van der Waals surface area contributed by atoms with E-state index in [4.69, 9.17) is 5.11 Å². The standard InChI is InChI=1S/C18H14N2O3/c1-12-6-8-15(9-7-12)20-17(21)14(11-19)10-13-4-2-3-5-16(13)18(22)23/h2-10H,1H3,(H,20,21)(H,22,23)/b14-10+. The monoisotopic (exact) mass is 306 g/mol. The first-order valence-corrected chi connectivity index (χ1v) is 6.83. The van der Waals surface area contributed by atoms with Gasteiger partial charge in [-0.2, -0.15) is 5.26 Å². The molecule has 0 unspecified atom stereocenters. The van der Waals surface area contributed by atoms with Crippen molar-refractivity contribution in [2.45, 2.75) is 6.92 Å². The number of aryl methyl sites for hydroxylation is 1. The molecule has 0 aliphatic rings. The highest BCUT2D eigenvalue weighted by Gasteiger charge is 2.13. The maximum atomic E-state index is 12.2. The Kier molecular flexibility index (Phi) is 4.90. The molecule has 5 heteroatoms. The van der Waals surface area contributed by atoms with E-state index in [-0.39, 0.29) is 11.1 Å². The maximum absolute atomic E-state index is 12.2. The predicted molar refractivity (Wildman–Crippen MR) is 86.8 cm³/mol. The second-order valence-corrected chi connectivity index (χ2v) is 4.88. The molecule has 0 aliphatic heterocycles. The average Bonchev–Trinajstić information content (AvgIpc) is 2.54. The van der Waals surface area contributed by atoms with Gasteiger partial charge in [0.15, 0.2) is 0 Å². The van der Waals surface area contributed by atoms with E-state index in [9.17, 15) is 14.9 Å². The summed E-state index contributed by atoms with van der Waals surface area (Å²) in [5.41, 5.74) is 1.78. The number of hydrogen-bond acceptors (Lipinski definition) is 3. The molecule has 0 fully saturated rings. The van der Waals surface area contributed by atoms with Gasteiger partial charge in [-0.15, -0.1) is 0 Å². The molecule has 2 aromatic carbocycles. The molecular weight excluding hydrogens is 292 g/mol. The molecule has 2 N–H and O–H groups in total. The first-order valence-electron chi connectivity index (χ1n) is 6.83. The summed E-state index contributed by atoms with van der Waals surface area (Å²) in [7, 11) is 0. The zero-order valence-electron chi connectivity index (χ0n) is 12.4. The summed E-state index contributed by atoms with van der Waals surface area (Å²) in [5, 5.41) is 20.9. The minimum Gasteiger partial charge on any atom is -0.478 e. The molecule has 114 valence electrons. The molecule has 23 heavy (non-hydrogen) atoms. The van der Waals surface area contributed by atoms with Gasteiger partial charge in [0, 0.05) is 5.69 Å². The lowest BCUT2D eigenvalue weighted by molar-refractivity contribution is -0.112. The van der Waals surface area contributed by atoms with Crippen molar-refractivity contribution in [1.82, 2.24) is 0 Å². The molecule has 0 bridgehead atoms. The first kappa shape index (κ1) is 16.0. The van der Waals surface area contributed by atoms with Crippen LogP contribution in [0.4, 0.5) is 5.69 Å². The Hall–Kier alpha value is -3.39. The zero-order chi connectivity index (χ0) is 16.8. The third-order valence-corrected chi connectivity index (χ3v) is 3.17. The van der Waals surface area contributed by atoms with Crippen molar-refractivity contribution in [2.24, 2.45) is 0 Å². The van der Waals surface area contributed by atoms with E-state index in [1.807, 2.05) is 19.1 Å². The van der Waals surface area contributed by atoms with Crippen LogP contribution in [0.3, 0.4) is 0 Å². The second-order valence-electron chi connectivity index (χ2n) is 4.88. The number of rotatable bonds is 4. The van der Waals surface area contributed by atoms with Crippen LogP contribution < -0.4 is 5.32 Å². The Balaban J connectivity index is 2.29. The van der Waals surface area contributed by atoms with Crippen LogP contribution in [0, 0.1) is 18.3 Å². The Morgan fingerprint density at radius 1 is 1.13 bits per heavy atom. The number of nitrogens with one attached hydrogen (secondary N) is 1. The number of carboxylic acids is 1. The van der Waals surface area contributed by atoms with Crippen LogP contribution in [0.5, 0.6) is 0 Å². The normalized spacial score (nSPS) is 10.7. The van der Waals surface area contributed by atoms with Gasteiger partial charge in [-0.3, -0.25) is 4.79 Å². The molecule has 0 saturated heterocycles. The van der Waals surface area contributed by atoms with Gasteiger partial charge in [-0.25, -0.2) is 4.79 Å². The molecule has 1 amide bonds. The van der Waals surface area contributed by atoms with E-state index < -0.39 is 11.9 Å². The molecule has 2 aromatic rings. The molecule has 0 radical (unpaired) electrons. The van der Waals surface area contributed by atoms with Gasteiger partial charge < -0.3 is 10.4 Å². The maximum Gasteiger partial charge on any atom is 0.336 e. The van der Waals surface area contributed by atoms with Crippen molar-refractivity contribution in [3.8, 4) is 6.07 Å². The zero-order valence-corrected chi connectivity index (χ0v) is 12.4. The fourth-order valence-electron chi connectivity index (χ4n) is 1.96.